The normalized spacial score (nSPS) is 14.8. The number of carbonyl (C=O) groups is 12. The molecular formula is C90H102N18O18. The van der Waals surface area contributed by atoms with Gasteiger partial charge in [0.05, 0.1) is 87.4 Å². The third-order valence-electron chi connectivity index (χ3n) is 20.9. The lowest BCUT2D eigenvalue weighted by Crippen LogP contribution is -2.35. The van der Waals surface area contributed by atoms with E-state index in [1.54, 1.807) is 151 Å². The molecule has 10 amide bonds. The molecule has 4 aromatic carbocycles. The van der Waals surface area contributed by atoms with Crippen LogP contribution >= 0.6 is 0 Å². The number of nitrogens with one attached hydrogen (secondary N) is 6. The number of nitrogens with two attached hydrogens (primary N) is 1. The van der Waals surface area contributed by atoms with Gasteiger partial charge >= 0.3 is 11.9 Å². The van der Waals surface area contributed by atoms with Crippen molar-refractivity contribution in [1.82, 2.24) is 53.6 Å². The molecule has 8 aromatic rings. The number of aryl methyl sites for hydroxylation is 6. The number of hydrogen-bond donors (Lipinski definition) is 7. The zero-order valence-electron chi connectivity index (χ0n) is 71.1. The van der Waals surface area contributed by atoms with Gasteiger partial charge in [0.25, 0.3) is 35.4 Å². The number of esters is 2. The number of ether oxygens (including phenoxy) is 6. The highest BCUT2D eigenvalue weighted by Gasteiger charge is 2.36. The number of aromatic nitrogens is 6. The van der Waals surface area contributed by atoms with Crippen molar-refractivity contribution < 1.29 is 86.0 Å². The van der Waals surface area contributed by atoms with Crippen LogP contribution in [-0.4, -0.2) is 231 Å². The van der Waals surface area contributed by atoms with Crippen LogP contribution in [0.1, 0.15) is 138 Å². The summed E-state index contributed by atoms with van der Waals surface area (Å²) >= 11 is 0. The number of anilines is 4. The van der Waals surface area contributed by atoms with E-state index in [-0.39, 0.29) is 162 Å². The third kappa shape index (κ3) is 24.0. The van der Waals surface area contributed by atoms with Crippen molar-refractivity contribution in [2.45, 2.75) is 90.1 Å². The van der Waals surface area contributed by atoms with Gasteiger partial charge < -0.3 is 94.1 Å². The van der Waals surface area contributed by atoms with Crippen LogP contribution in [0.15, 0.2) is 156 Å². The lowest BCUT2D eigenvalue weighted by Gasteiger charge is -2.20. The van der Waals surface area contributed by atoms with Gasteiger partial charge in [0.2, 0.25) is 35.3 Å². The Bertz CT molecular complexity index is 5560. The number of benzene rings is 4. The predicted octanol–water partition coefficient (Wildman–Crippen LogP) is 8.56. The van der Waals surface area contributed by atoms with Gasteiger partial charge in [0.15, 0.2) is 11.6 Å². The number of imide groups is 1. The van der Waals surface area contributed by atoms with Crippen molar-refractivity contribution in [2.75, 3.05) is 113 Å². The van der Waals surface area contributed by atoms with Crippen LogP contribution in [0.3, 0.4) is 0 Å². The number of nitrogens with zero attached hydrogens (tertiary/aromatic N) is 11. The molecule has 0 saturated carbocycles. The molecule has 5 aliphatic rings. The Morgan fingerprint density at radius 1 is 0.468 bits per heavy atom. The largest absolute Gasteiger partial charge is 0.493 e. The van der Waals surface area contributed by atoms with Gasteiger partial charge in [0, 0.05) is 171 Å². The zero-order chi connectivity index (χ0) is 89.7. The van der Waals surface area contributed by atoms with Gasteiger partial charge in [0.1, 0.15) is 22.9 Å². The van der Waals surface area contributed by atoms with Gasteiger partial charge in [-0.25, -0.2) is 19.6 Å². The summed E-state index contributed by atoms with van der Waals surface area (Å²) in [5, 5.41) is 16.6. The van der Waals surface area contributed by atoms with Crippen LogP contribution in [0.4, 0.5) is 34.4 Å². The number of amides is 10. The predicted molar refractivity (Wildman–Crippen MR) is 468 cm³/mol. The van der Waals surface area contributed by atoms with E-state index in [1.165, 1.54) is 21.3 Å². The second-order valence-electron chi connectivity index (χ2n) is 30.7. The minimum atomic E-state index is -0.520. The number of fused-ring (bicyclic) bond motifs is 4. The zero-order valence-corrected chi connectivity index (χ0v) is 71.1. The van der Waals surface area contributed by atoms with E-state index >= 15 is 0 Å². The Morgan fingerprint density at radius 3 is 1.38 bits per heavy atom. The van der Waals surface area contributed by atoms with Crippen molar-refractivity contribution in [2.24, 2.45) is 43.9 Å². The first-order valence-electron chi connectivity index (χ1n) is 41.3. The van der Waals surface area contributed by atoms with Gasteiger partial charge in [-0.15, -0.1) is 0 Å². The quantitative estimate of drug-likeness (QED) is 0.00820. The molecule has 660 valence electrons. The molecule has 2 fully saturated rings. The average Bonchev–Trinajstić information content (AvgIpc) is 1.63. The highest BCUT2D eigenvalue weighted by Crippen LogP contribution is 2.38. The third-order valence-corrected chi connectivity index (χ3v) is 20.9. The molecule has 2 atom stereocenters. The molecule has 0 bridgehead atoms. The van der Waals surface area contributed by atoms with E-state index in [0.29, 0.717) is 121 Å². The number of aliphatic imine (C=N–C) groups is 2. The van der Waals surface area contributed by atoms with E-state index < -0.39 is 35.6 Å². The summed E-state index contributed by atoms with van der Waals surface area (Å²) in [4.78, 5) is 173. The van der Waals surface area contributed by atoms with Crippen LogP contribution in [0.25, 0.3) is 22.3 Å². The van der Waals surface area contributed by atoms with Gasteiger partial charge in [-0.2, -0.15) is 0 Å². The Morgan fingerprint density at radius 2 is 0.913 bits per heavy atom. The van der Waals surface area contributed by atoms with Crippen LogP contribution in [0.2, 0.25) is 0 Å². The molecule has 126 heavy (non-hydrogen) atoms. The van der Waals surface area contributed by atoms with E-state index in [2.05, 4.69) is 65.0 Å². The fraction of sp³-hybridized carbons (Fsp3) is 0.356. The topological polar surface area (TPSA) is 438 Å². The Kier molecular flexibility index (Phi) is 30.8. The second kappa shape index (κ2) is 42.7. The fourth-order valence-corrected chi connectivity index (χ4v) is 14.3. The summed E-state index contributed by atoms with van der Waals surface area (Å²) in [6.45, 7) is 15.7. The lowest BCUT2D eigenvalue weighted by molar-refractivity contribution is -0.137. The van der Waals surface area contributed by atoms with Crippen molar-refractivity contribution in [3.63, 3.8) is 0 Å². The second-order valence-corrected chi connectivity index (χ2v) is 30.7. The molecule has 0 spiro atoms. The molecule has 0 unspecified atom stereocenters. The fourth-order valence-electron chi connectivity index (χ4n) is 14.3. The molecule has 4 aromatic heterocycles. The summed E-state index contributed by atoms with van der Waals surface area (Å²) < 4.78 is 40.0. The first-order chi connectivity index (χ1) is 60.6. The molecule has 36 nitrogen and oxygen atoms in total. The summed E-state index contributed by atoms with van der Waals surface area (Å²) in [6, 6.07) is 24.7. The van der Waals surface area contributed by atoms with E-state index in [9.17, 15) is 57.5 Å². The van der Waals surface area contributed by atoms with Gasteiger partial charge in [-0.3, -0.25) is 62.8 Å². The Hall–Kier alpha value is -14.3. The smallest absolute Gasteiger partial charge is 0.354 e. The minimum Gasteiger partial charge on any atom is -0.493 e. The van der Waals surface area contributed by atoms with Gasteiger partial charge in [-0.05, 0) is 130 Å². The molecule has 0 radical (unpaired) electrons. The molecule has 2 saturated heterocycles. The number of carbonyl (C=O) groups excluding carboxylic acids is 12. The highest BCUT2D eigenvalue weighted by atomic mass is 16.5. The van der Waals surface area contributed by atoms with Crippen LogP contribution in [0, 0.1) is 13.8 Å². The highest BCUT2D eigenvalue weighted by molar-refractivity contribution is 6.13. The van der Waals surface area contributed by atoms with Crippen molar-refractivity contribution in [3.05, 3.63) is 191 Å². The first kappa shape index (κ1) is 91.0. The first-order valence-corrected chi connectivity index (χ1v) is 41.3. The number of hydrogen-bond acceptors (Lipinski definition) is 23. The van der Waals surface area contributed by atoms with E-state index in [1.807, 2.05) is 32.2 Å². The summed E-state index contributed by atoms with van der Waals surface area (Å²) in [5.41, 5.74) is 16.3. The minimum absolute atomic E-state index is 0.0000117. The maximum atomic E-state index is 13.2. The maximum Gasteiger partial charge on any atom is 0.354 e. The number of imidazole rings is 2. The summed E-state index contributed by atoms with van der Waals surface area (Å²) in [5.74, 6) is -2.08. The summed E-state index contributed by atoms with van der Waals surface area (Å²) in [6.07, 6.45) is 16.4. The SMILES string of the molecule is C=C1C[C@H]2C=Nc3cc(OCCCC(=O)Nc4cn(C)c(C(=O)Nc5ccc(-c6cc(C(=O)OCCCN)n(C)c6)cc5)n4)c(C)cc3C(=O)N2C1.C=C1C[C@H]2C=Nc3cc(OCCCC(=O)Nc4cn(C)c(C(=O)Nc5ccc(-c6cc(C(=O)OCCCNC(=O)CCOCCOCCNC(=O)CCN7C(=O)C=CC7=O)n(C)c6)cc5)n4)c(C)cc3C(=O)N2C1. The number of rotatable bonds is 39. The molecule has 13 rings (SSSR count). The standard InChI is InChI=1S/C52H60N10O12.C38H42N8O6/c1-33-25-38-29-55-40-28-42(34(2)26-39(40)51(69)62(38)30-33)73-19-5-7-46(65)57-43-32-60(4)49(58-43)50(68)56-37-10-8-35(9-11-37)36-27-41(59(3)31-36)52(70)74-20-6-16-53-45(64)15-21-71-23-24-72-22-17-54-44(63)14-18-61-47(66)12-13-48(61)67;1-23-15-28-19-40-30-18-32(24(2)16-29(30)37(49)46(28)20-23)51-13-5-7-34(47)42-33-22-45(4)35(43-33)36(48)41-27-10-8-25(9-11-27)26-17-31(44(3)21-26)38(50)52-14-6-12-39/h8-13,26-29,31-32,38H,1,5-7,14-25,30H2,2-4H3,(H,53,64)(H,54,63)(H,56,68)(H,57,65);8-11,16-19,21-22,28H,1,5-7,12-15,20,39H2,2-4H3,(H,41,48)(H,42,47)/t38-;28-/m00/s1. The van der Waals surface area contributed by atoms with E-state index in [4.69, 9.17) is 34.2 Å². The molecule has 0 aliphatic carbocycles. The van der Waals surface area contributed by atoms with Crippen LogP contribution in [-0.2, 0) is 75.9 Å². The van der Waals surface area contributed by atoms with Crippen molar-refractivity contribution in [1.29, 1.82) is 0 Å². The molecule has 36 heteroatoms. The maximum absolute atomic E-state index is 13.2. The van der Waals surface area contributed by atoms with Crippen molar-refractivity contribution >= 4 is 118 Å². The summed E-state index contributed by atoms with van der Waals surface area (Å²) in [7, 11) is 6.83. The monoisotopic (exact) mass is 1720 g/mol. The molecule has 8 N–H and O–H groups in total. The van der Waals surface area contributed by atoms with Crippen molar-refractivity contribution in [3.8, 4) is 33.8 Å². The lowest BCUT2D eigenvalue weighted by atomic mass is 10.1. The molecular weight excluding hydrogens is 1620 g/mol. The van der Waals surface area contributed by atoms with Crippen LogP contribution in [0.5, 0.6) is 11.5 Å². The molecule has 5 aliphatic heterocycles. The van der Waals surface area contributed by atoms with Crippen LogP contribution < -0.4 is 47.1 Å². The Balaban J connectivity index is 0.000000243. The Labute approximate surface area is 726 Å². The van der Waals surface area contributed by atoms with Gasteiger partial charge in [-0.1, -0.05) is 48.6 Å². The van der Waals surface area contributed by atoms with E-state index in [0.717, 1.165) is 49.4 Å². The molecule has 9 heterocycles. The average molecular weight is 1720 g/mol.